The SMILES string of the molecule is CC(CCc1cccc(F)c1)C(=O)NCC(C)(O)c1cnn(C)c1. The average molecular weight is 333 g/mol. The Balaban J connectivity index is 1.83. The van der Waals surface area contributed by atoms with E-state index in [2.05, 4.69) is 10.4 Å². The number of nitrogens with zero attached hydrogens (tertiary/aromatic N) is 2. The van der Waals surface area contributed by atoms with Crippen LogP contribution in [-0.4, -0.2) is 27.3 Å². The lowest BCUT2D eigenvalue weighted by Gasteiger charge is -2.23. The highest BCUT2D eigenvalue weighted by Gasteiger charge is 2.26. The summed E-state index contributed by atoms with van der Waals surface area (Å²) in [5, 5.41) is 17.3. The second-order valence-electron chi connectivity index (χ2n) is 6.46. The summed E-state index contributed by atoms with van der Waals surface area (Å²) < 4.78 is 14.8. The van der Waals surface area contributed by atoms with Gasteiger partial charge in [-0.2, -0.15) is 5.10 Å². The minimum atomic E-state index is -1.17. The lowest BCUT2D eigenvalue weighted by atomic mass is 9.97. The quantitative estimate of drug-likeness (QED) is 0.816. The number of nitrogens with one attached hydrogen (secondary N) is 1. The highest BCUT2D eigenvalue weighted by molar-refractivity contribution is 5.78. The predicted octanol–water partition coefficient (Wildman–Crippen LogP) is 2.15. The van der Waals surface area contributed by atoms with E-state index >= 15 is 0 Å². The van der Waals surface area contributed by atoms with Gasteiger partial charge in [0.2, 0.25) is 5.91 Å². The van der Waals surface area contributed by atoms with Crippen LogP contribution in [0.5, 0.6) is 0 Å². The van der Waals surface area contributed by atoms with E-state index in [1.807, 2.05) is 13.0 Å². The van der Waals surface area contributed by atoms with Gasteiger partial charge in [0, 0.05) is 24.7 Å². The molecule has 130 valence electrons. The first-order chi connectivity index (χ1) is 11.3. The van der Waals surface area contributed by atoms with Crippen molar-refractivity contribution >= 4 is 5.91 Å². The van der Waals surface area contributed by atoms with Crippen LogP contribution >= 0.6 is 0 Å². The molecule has 0 aliphatic rings. The predicted molar refractivity (Wildman–Crippen MR) is 89.7 cm³/mol. The van der Waals surface area contributed by atoms with Gasteiger partial charge in [0.05, 0.1) is 12.7 Å². The molecule has 1 amide bonds. The minimum Gasteiger partial charge on any atom is -0.383 e. The van der Waals surface area contributed by atoms with Crippen LogP contribution in [0.2, 0.25) is 0 Å². The highest BCUT2D eigenvalue weighted by atomic mass is 19.1. The molecule has 0 aliphatic heterocycles. The zero-order chi connectivity index (χ0) is 17.7. The molecule has 2 atom stereocenters. The molecule has 0 spiro atoms. The van der Waals surface area contributed by atoms with Gasteiger partial charge in [-0.1, -0.05) is 19.1 Å². The molecule has 0 saturated carbocycles. The van der Waals surface area contributed by atoms with Crippen molar-refractivity contribution in [3.63, 3.8) is 0 Å². The molecule has 2 N–H and O–H groups in total. The lowest BCUT2D eigenvalue weighted by molar-refractivity contribution is -0.125. The van der Waals surface area contributed by atoms with Crippen molar-refractivity contribution in [2.75, 3.05) is 6.54 Å². The van der Waals surface area contributed by atoms with Gasteiger partial charge in [0.15, 0.2) is 0 Å². The molecule has 0 saturated heterocycles. The minimum absolute atomic E-state index is 0.113. The second kappa shape index (κ2) is 7.57. The van der Waals surface area contributed by atoms with Crippen molar-refractivity contribution in [3.8, 4) is 0 Å². The summed E-state index contributed by atoms with van der Waals surface area (Å²) in [6.45, 7) is 3.58. The first-order valence-corrected chi connectivity index (χ1v) is 8.01. The number of amides is 1. The molecule has 0 radical (unpaired) electrons. The van der Waals surface area contributed by atoms with Gasteiger partial charge in [-0.15, -0.1) is 0 Å². The van der Waals surface area contributed by atoms with Crippen LogP contribution in [0.25, 0.3) is 0 Å². The summed E-state index contributed by atoms with van der Waals surface area (Å²) in [5.74, 6) is -0.620. The van der Waals surface area contributed by atoms with Gasteiger partial charge in [-0.25, -0.2) is 4.39 Å². The summed E-state index contributed by atoms with van der Waals surface area (Å²) in [6, 6.07) is 6.40. The van der Waals surface area contributed by atoms with Crippen LogP contribution in [0, 0.1) is 11.7 Å². The number of benzene rings is 1. The van der Waals surface area contributed by atoms with Crippen molar-refractivity contribution in [2.24, 2.45) is 13.0 Å². The topological polar surface area (TPSA) is 67.2 Å². The molecule has 1 heterocycles. The summed E-state index contributed by atoms with van der Waals surface area (Å²) in [6.07, 6.45) is 4.55. The normalized spacial score (nSPS) is 14.9. The molecule has 1 aromatic heterocycles. The number of aliphatic hydroxyl groups is 1. The zero-order valence-electron chi connectivity index (χ0n) is 14.3. The van der Waals surface area contributed by atoms with Gasteiger partial charge in [0.25, 0.3) is 0 Å². The molecule has 1 aromatic carbocycles. The number of halogens is 1. The van der Waals surface area contributed by atoms with Gasteiger partial charge in [-0.3, -0.25) is 9.48 Å². The Labute approximate surface area is 141 Å². The summed E-state index contributed by atoms with van der Waals surface area (Å²) in [7, 11) is 1.77. The number of carbonyl (C=O) groups excluding carboxylic acids is 1. The van der Waals surface area contributed by atoms with Crippen molar-refractivity contribution in [2.45, 2.75) is 32.3 Å². The van der Waals surface area contributed by atoms with Gasteiger partial charge in [-0.05, 0) is 37.5 Å². The third-order valence-electron chi connectivity index (χ3n) is 4.14. The summed E-state index contributed by atoms with van der Waals surface area (Å²) in [4.78, 5) is 12.2. The molecule has 5 nitrogen and oxygen atoms in total. The first-order valence-electron chi connectivity index (χ1n) is 8.01. The molecular formula is C18H24FN3O2. The molecule has 2 rings (SSSR count). The van der Waals surface area contributed by atoms with Crippen LogP contribution in [0.1, 0.15) is 31.4 Å². The maximum atomic E-state index is 13.2. The first kappa shape index (κ1) is 18.1. The Morgan fingerprint density at radius 3 is 2.88 bits per heavy atom. The van der Waals surface area contributed by atoms with Gasteiger partial charge < -0.3 is 10.4 Å². The molecule has 0 bridgehead atoms. The van der Waals surface area contributed by atoms with E-state index in [1.165, 1.54) is 12.1 Å². The molecular weight excluding hydrogens is 309 g/mol. The molecule has 0 fully saturated rings. The Kier molecular flexibility index (Phi) is 5.72. The van der Waals surface area contributed by atoms with E-state index < -0.39 is 5.60 Å². The lowest BCUT2D eigenvalue weighted by Crippen LogP contribution is -2.40. The Morgan fingerprint density at radius 2 is 2.25 bits per heavy atom. The number of aryl methyl sites for hydroxylation is 2. The van der Waals surface area contributed by atoms with Crippen LogP contribution < -0.4 is 5.32 Å². The average Bonchev–Trinajstić information content (AvgIpc) is 2.98. The smallest absolute Gasteiger partial charge is 0.222 e. The molecule has 6 heteroatoms. The number of hydrogen-bond acceptors (Lipinski definition) is 3. The van der Waals surface area contributed by atoms with Crippen LogP contribution in [0.15, 0.2) is 36.7 Å². The molecule has 2 unspecified atom stereocenters. The largest absolute Gasteiger partial charge is 0.383 e. The number of aromatic nitrogens is 2. The summed E-state index contributed by atoms with van der Waals surface area (Å²) >= 11 is 0. The van der Waals surface area contributed by atoms with Crippen LogP contribution in [0.3, 0.4) is 0 Å². The molecule has 24 heavy (non-hydrogen) atoms. The number of rotatable bonds is 7. The van der Waals surface area contributed by atoms with Crippen molar-refractivity contribution < 1.29 is 14.3 Å². The monoisotopic (exact) mass is 333 g/mol. The van der Waals surface area contributed by atoms with E-state index in [4.69, 9.17) is 0 Å². The Bertz CT molecular complexity index is 697. The van der Waals surface area contributed by atoms with Gasteiger partial charge in [0.1, 0.15) is 11.4 Å². The van der Waals surface area contributed by atoms with E-state index in [0.29, 0.717) is 18.4 Å². The second-order valence-corrected chi connectivity index (χ2v) is 6.46. The highest BCUT2D eigenvalue weighted by Crippen LogP contribution is 2.19. The molecule has 0 aliphatic carbocycles. The fourth-order valence-electron chi connectivity index (χ4n) is 2.44. The Hall–Kier alpha value is -2.21. The van der Waals surface area contributed by atoms with Crippen molar-refractivity contribution in [1.29, 1.82) is 0 Å². The summed E-state index contributed by atoms with van der Waals surface area (Å²) in [5.41, 5.74) is 0.348. The zero-order valence-corrected chi connectivity index (χ0v) is 14.3. The fraction of sp³-hybridized carbons (Fsp3) is 0.444. The fourth-order valence-corrected chi connectivity index (χ4v) is 2.44. The standard InChI is InChI=1S/C18H24FN3O2/c1-13(7-8-14-5-4-6-16(19)9-14)17(23)20-12-18(2,24)15-10-21-22(3)11-15/h4-6,9-11,13,24H,7-8,12H2,1-3H3,(H,20,23). The van der Waals surface area contributed by atoms with Crippen LogP contribution in [0.4, 0.5) is 4.39 Å². The van der Waals surface area contributed by atoms with Crippen molar-refractivity contribution in [3.05, 3.63) is 53.6 Å². The van der Waals surface area contributed by atoms with E-state index in [-0.39, 0.29) is 24.2 Å². The Morgan fingerprint density at radius 1 is 1.50 bits per heavy atom. The maximum absolute atomic E-state index is 13.2. The maximum Gasteiger partial charge on any atom is 0.222 e. The van der Waals surface area contributed by atoms with Crippen LogP contribution in [-0.2, 0) is 23.9 Å². The van der Waals surface area contributed by atoms with E-state index in [1.54, 1.807) is 37.1 Å². The van der Waals surface area contributed by atoms with Gasteiger partial charge >= 0.3 is 0 Å². The third-order valence-corrected chi connectivity index (χ3v) is 4.14. The number of hydrogen-bond donors (Lipinski definition) is 2. The van der Waals surface area contributed by atoms with E-state index in [9.17, 15) is 14.3 Å². The van der Waals surface area contributed by atoms with E-state index in [0.717, 1.165) is 5.56 Å². The number of carbonyl (C=O) groups is 1. The molecule has 2 aromatic rings. The van der Waals surface area contributed by atoms with Crippen molar-refractivity contribution in [1.82, 2.24) is 15.1 Å². The third kappa shape index (κ3) is 4.89.